The van der Waals surface area contributed by atoms with Gasteiger partial charge in [-0.05, 0) is 41.8 Å². The number of ether oxygens (including phenoxy) is 1. The Morgan fingerprint density at radius 2 is 1.48 bits per heavy atom. The van der Waals surface area contributed by atoms with Crippen molar-refractivity contribution in [2.24, 2.45) is 0 Å². The molecule has 3 aromatic carbocycles. The SMILES string of the molecule is COc1cc(S(=O)(=O)O)cc2ccc(Nc3cccc(S(=O)(=O)O)c3)cc12. The van der Waals surface area contributed by atoms with Gasteiger partial charge in [0.25, 0.3) is 20.2 Å². The highest BCUT2D eigenvalue weighted by Gasteiger charge is 2.15. The number of hydrogen-bond acceptors (Lipinski definition) is 6. The van der Waals surface area contributed by atoms with Gasteiger partial charge in [-0.1, -0.05) is 12.1 Å². The summed E-state index contributed by atoms with van der Waals surface area (Å²) in [5.74, 6) is 0.246. The summed E-state index contributed by atoms with van der Waals surface area (Å²) in [6, 6.07) is 13.1. The van der Waals surface area contributed by atoms with Gasteiger partial charge in [0.15, 0.2) is 0 Å². The summed E-state index contributed by atoms with van der Waals surface area (Å²) in [5.41, 5.74) is 1.01. The predicted molar refractivity (Wildman–Crippen MR) is 99.9 cm³/mol. The average molecular weight is 409 g/mol. The van der Waals surface area contributed by atoms with Gasteiger partial charge in [0.1, 0.15) is 5.75 Å². The highest BCUT2D eigenvalue weighted by Crippen LogP contribution is 2.32. The van der Waals surface area contributed by atoms with Crippen LogP contribution in [0, 0.1) is 0 Å². The van der Waals surface area contributed by atoms with E-state index in [0.717, 1.165) is 0 Å². The van der Waals surface area contributed by atoms with E-state index in [2.05, 4.69) is 5.32 Å². The third-order valence-electron chi connectivity index (χ3n) is 3.83. The maximum atomic E-state index is 11.4. The summed E-state index contributed by atoms with van der Waals surface area (Å²) in [7, 11) is -7.33. The fourth-order valence-electron chi connectivity index (χ4n) is 2.59. The lowest BCUT2D eigenvalue weighted by atomic mass is 10.1. The van der Waals surface area contributed by atoms with E-state index in [9.17, 15) is 21.4 Å². The van der Waals surface area contributed by atoms with Gasteiger partial charge in [0.2, 0.25) is 0 Å². The predicted octanol–water partition coefficient (Wildman–Crippen LogP) is 3.09. The van der Waals surface area contributed by atoms with E-state index in [4.69, 9.17) is 9.29 Å². The van der Waals surface area contributed by atoms with E-state index in [1.54, 1.807) is 24.3 Å². The van der Waals surface area contributed by atoms with Crippen molar-refractivity contribution in [3.63, 3.8) is 0 Å². The summed E-state index contributed by atoms with van der Waals surface area (Å²) < 4.78 is 68.9. The first-order chi connectivity index (χ1) is 12.6. The van der Waals surface area contributed by atoms with Crippen LogP contribution in [0.2, 0.25) is 0 Å². The number of anilines is 2. The number of hydrogen-bond donors (Lipinski definition) is 3. The molecule has 0 spiro atoms. The molecule has 0 bridgehead atoms. The number of rotatable bonds is 5. The van der Waals surface area contributed by atoms with E-state index in [1.165, 1.54) is 37.4 Å². The van der Waals surface area contributed by atoms with Crippen LogP contribution in [0.1, 0.15) is 0 Å². The summed E-state index contributed by atoms with van der Waals surface area (Å²) in [6.07, 6.45) is 0. The molecule has 8 nitrogen and oxygen atoms in total. The molecule has 0 aliphatic rings. The Labute approximate surface area is 155 Å². The van der Waals surface area contributed by atoms with Crippen LogP contribution >= 0.6 is 0 Å². The van der Waals surface area contributed by atoms with E-state index in [1.807, 2.05) is 0 Å². The second-order valence-corrected chi connectivity index (χ2v) is 8.51. The van der Waals surface area contributed by atoms with Crippen molar-refractivity contribution in [3.8, 4) is 5.75 Å². The van der Waals surface area contributed by atoms with Crippen LogP contribution in [-0.4, -0.2) is 33.1 Å². The number of benzene rings is 3. The second kappa shape index (κ2) is 6.82. The Morgan fingerprint density at radius 3 is 2.11 bits per heavy atom. The van der Waals surface area contributed by atoms with Gasteiger partial charge in [0, 0.05) is 22.8 Å². The van der Waals surface area contributed by atoms with E-state index >= 15 is 0 Å². The molecular formula is C17H15NO7S2. The molecule has 0 atom stereocenters. The molecule has 0 aliphatic carbocycles. The third kappa shape index (κ3) is 4.19. The topological polar surface area (TPSA) is 130 Å². The molecule has 0 saturated heterocycles. The van der Waals surface area contributed by atoms with Crippen LogP contribution in [0.25, 0.3) is 10.8 Å². The lowest BCUT2D eigenvalue weighted by Gasteiger charge is -2.12. The van der Waals surface area contributed by atoms with Crippen LogP contribution in [-0.2, 0) is 20.2 Å². The highest BCUT2D eigenvalue weighted by atomic mass is 32.2. The zero-order valence-corrected chi connectivity index (χ0v) is 15.6. The molecule has 3 rings (SSSR count). The van der Waals surface area contributed by atoms with Crippen molar-refractivity contribution < 1.29 is 30.7 Å². The lowest BCUT2D eigenvalue weighted by Crippen LogP contribution is -2.00. The number of fused-ring (bicyclic) bond motifs is 1. The third-order valence-corrected chi connectivity index (χ3v) is 5.51. The maximum Gasteiger partial charge on any atom is 0.294 e. The highest BCUT2D eigenvalue weighted by molar-refractivity contribution is 7.86. The molecule has 0 unspecified atom stereocenters. The maximum absolute atomic E-state index is 11.4. The minimum atomic E-state index is -4.38. The van der Waals surface area contributed by atoms with Gasteiger partial charge in [-0.3, -0.25) is 9.11 Å². The molecule has 0 radical (unpaired) electrons. The zero-order valence-electron chi connectivity index (χ0n) is 13.9. The molecular weight excluding hydrogens is 394 g/mol. The standard InChI is InChI=1S/C17H15NO7S2/c1-25-17-10-15(27(22,23)24)7-11-5-6-13(9-16(11)17)18-12-3-2-4-14(8-12)26(19,20)21/h2-10,18H,1H3,(H,19,20,21)(H,22,23,24). The van der Waals surface area contributed by atoms with Crippen LogP contribution in [0.5, 0.6) is 5.75 Å². The van der Waals surface area contributed by atoms with E-state index < -0.39 is 20.2 Å². The minimum absolute atomic E-state index is 0.246. The van der Waals surface area contributed by atoms with Crippen LogP contribution < -0.4 is 10.1 Å². The van der Waals surface area contributed by atoms with Gasteiger partial charge in [-0.25, -0.2) is 0 Å². The van der Waals surface area contributed by atoms with Gasteiger partial charge in [0.05, 0.1) is 16.9 Å². The zero-order chi connectivity index (χ0) is 19.8. The molecule has 142 valence electrons. The van der Waals surface area contributed by atoms with Crippen molar-refractivity contribution in [1.29, 1.82) is 0 Å². The quantitative estimate of drug-likeness (QED) is 0.548. The molecule has 27 heavy (non-hydrogen) atoms. The monoisotopic (exact) mass is 409 g/mol. The van der Waals surface area contributed by atoms with Crippen molar-refractivity contribution >= 4 is 42.4 Å². The Morgan fingerprint density at radius 1 is 0.815 bits per heavy atom. The average Bonchev–Trinajstić information content (AvgIpc) is 2.59. The molecule has 3 N–H and O–H groups in total. The van der Waals surface area contributed by atoms with E-state index in [-0.39, 0.29) is 15.5 Å². The molecule has 10 heteroatoms. The van der Waals surface area contributed by atoms with Crippen LogP contribution in [0.3, 0.4) is 0 Å². The Kier molecular flexibility index (Phi) is 4.82. The number of nitrogens with one attached hydrogen (secondary N) is 1. The molecule has 0 fully saturated rings. The first kappa shape index (κ1) is 19.1. The first-order valence-electron chi connectivity index (χ1n) is 7.52. The minimum Gasteiger partial charge on any atom is -0.496 e. The van der Waals surface area contributed by atoms with E-state index in [0.29, 0.717) is 22.1 Å². The Balaban J connectivity index is 2.05. The fraction of sp³-hybridized carbons (Fsp3) is 0.0588. The Hall–Kier alpha value is -2.66. The number of methoxy groups -OCH3 is 1. The van der Waals surface area contributed by atoms with Crippen molar-refractivity contribution in [2.45, 2.75) is 9.79 Å². The molecule has 0 heterocycles. The van der Waals surface area contributed by atoms with Crippen molar-refractivity contribution in [3.05, 3.63) is 54.6 Å². The molecule has 0 amide bonds. The molecule has 0 aliphatic heterocycles. The molecule has 0 saturated carbocycles. The molecule has 3 aromatic rings. The van der Waals surface area contributed by atoms with Gasteiger partial charge in [-0.2, -0.15) is 16.8 Å². The fourth-order valence-corrected chi connectivity index (χ4v) is 3.65. The van der Waals surface area contributed by atoms with Crippen LogP contribution in [0.15, 0.2) is 64.4 Å². The summed E-state index contributed by atoms with van der Waals surface area (Å²) in [6.45, 7) is 0. The Bertz CT molecular complexity index is 1240. The lowest BCUT2D eigenvalue weighted by molar-refractivity contribution is 0.417. The van der Waals surface area contributed by atoms with Crippen molar-refractivity contribution in [1.82, 2.24) is 0 Å². The van der Waals surface area contributed by atoms with Crippen LogP contribution in [0.4, 0.5) is 11.4 Å². The van der Waals surface area contributed by atoms with Crippen molar-refractivity contribution in [2.75, 3.05) is 12.4 Å². The summed E-state index contributed by atoms with van der Waals surface area (Å²) >= 11 is 0. The summed E-state index contributed by atoms with van der Waals surface area (Å²) in [4.78, 5) is -0.530. The van der Waals surface area contributed by atoms with Gasteiger partial charge in [-0.15, -0.1) is 0 Å². The second-order valence-electron chi connectivity index (χ2n) is 5.66. The van der Waals surface area contributed by atoms with Gasteiger partial charge >= 0.3 is 0 Å². The van der Waals surface area contributed by atoms with Gasteiger partial charge < -0.3 is 10.1 Å². The molecule has 0 aromatic heterocycles. The normalized spacial score (nSPS) is 12.1. The first-order valence-corrected chi connectivity index (χ1v) is 10.4. The summed E-state index contributed by atoms with van der Waals surface area (Å²) in [5, 5.41) is 4.12. The largest absolute Gasteiger partial charge is 0.496 e. The smallest absolute Gasteiger partial charge is 0.294 e.